The Kier molecular flexibility index (Phi) is 3.88. The van der Waals surface area contributed by atoms with Crippen LogP contribution in [0.3, 0.4) is 0 Å². The highest BCUT2D eigenvalue weighted by Crippen LogP contribution is 2.18. The predicted octanol–water partition coefficient (Wildman–Crippen LogP) is 0.259. The molecule has 1 heterocycles. The van der Waals surface area contributed by atoms with E-state index in [1.807, 2.05) is 0 Å². The zero-order chi connectivity index (χ0) is 12.3. The van der Waals surface area contributed by atoms with Crippen molar-refractivity contribution in [2.45, 2.75) is 36.9 Å². The molecular weight excluding hydrogens is 240 g/mol. The number of nitrogens with one attached hydrogen (secondary N) is 2. The molecule has 0 unspecified atom stereocenters. The monoisotopic (exact) mass is 256 g/mol. The largest absolute Gasteiger partial charge is 0.362 e. The van der Waals surface area contributed by atoms with Crippen LogP contribution in [-0.2, 0) is 11.8 Å². The number of carbonyl (C=O) groups excluding carboxylic acids is 1. The van der Waals surface area contributed by atoms with E-state index in [0.717, 1.165) is 12.8 Å². The summed E-state index contributed by atoms with van der Waals surface area (Å²) in [6.45, 7) is 0. The average Bonchev–Trinajstić information content (AvgIpc) is 2.86. The molecule has 6 nitrogen and oxygen atoms in total. The van der Waals surface area contributed by atoms with Crippen LogP contribution in [0.25, 0.3) is 0 Å². The standard InChI is InChI=1S/C10H16N4O2S/c1-14-10(12-9(16)13-14)17-6-8(15)11-7-4-2-3-5-7/h7H,2-6H2,1H3,(H,11,15)(H,13,16). The molecule has 94 valence electrons. The first-order valence-electron chi connectivity index (χ1n) is 5.70. The molecule has 7 heteroatoms. The van der Waals surface area contributed by atoms with E-state index in [1.54, 1.807) is 7.05 Å². The van der Waals surface area contributed by atoms with E-state index in [9.17, 15) is 9.59 Å². The van der Waals surface area contributed by atoms with Crippen LogP contribution < -0.4 is 11.0 Å². The van der Waals surface area contributed by atoms with E-state index >= 15 is 0 Å². The Labute approximate surface area is 103 Å². The summed E-state index contributed by atoms with van der Waals surface area (Å²) >= 11 is 1.27. The molecule has 0 aliphatic heterocycles. The van der Waals surface area contributed by atoms with E-state index in [0.29, 0.717) is 17.0 Å². The number of nitrogens with zero attached hydrogens (tertiary/aromatic N) is 2. The lowest BCUT2D eigenvalue weighted by Gasteiger charge is -2.11. The van der Waals surface area contributed by atoms with Crippen LogP contribution in [0.1, 0.15) is 25.7 Å². The van der Waals surface area contributed by atoms with Gasteiger partial charge in [-0.05, 0) is 12.8 Å². The molecule has 1 fully saturated rings. The second kappa shape index (κ2) is 5.39. The summed E-state index contributed by atoms with van der Waals surface area (Å²) in [5.74, 6) is 0.312. The molecule has 0 saturated heterocycles. The van der Waals surface area contributed by atoms with Crippen molar-refractivity contribution in [1.29, 1.82) is 0 Å². The van der Waals surface area contributed by atoms with E-state index in [2.05, 4.69) is 15.4 Å². The smallest absolute Gasteiger partial charge is 0.353 e. The minimum atomic E-state index is -0.383. The second-order valence-corrected chi connectivity index (χ2v) is 5.15. The van der Waals surface area contributed by atoms with Crippen molar-refractivity contribution < 1.29 is 4.79 Å². The van der Waals surface area contributed by atoms with Gasteiger partial charge in [0.25, 0.3) is 0 Å². The molecule has 1 saturated carbocycles. The SMILES string of the molecule is Cn1[nH]c(=O)nc1SCC(=O)NC1CCCC1. The first kappa shape index (κ1) is 12.2. The molecule has 0 radical (unpaired) electrons. The van der Waals surface area contributed by atoms with E-state index in [4.69, 9.17) is 0 Å². The number of hydrogen-bond acceptors (Lipinski definition) is 4. The summed E-state index contributed by atoms with van der Waals surface area (Å²) in [6, 6.07) is 0.339. The lowest BCUT2D eigenvalue weighted by molar-refractivity contribution is -0.119. The van der Waals surface area contributed by atoms with Crippen LogP contribution in [0.5, 0.6) is 0 Å². The quantitative estimate of drug-likeness (QED) is 0.757. The van der Waals surface area contributed by atoms with Crippen LogP contribution in [0.2, 0.25) is 0 Å². The zero-order valence-corrected chi connectivity index (χ0v) is 10.5. The van der Waals surface area contributed by atoms with Crippen molar-refractivity contribution in [3.63, 3.8) is 0 Å². The molecule has 0 aromatic carbocycles. The molecule has 17 heavy (non-hydrogen) atoms. The van der Waals surface area contributed by atoms with Gasteiger partial charge in [0.15, 0.2) is 5.16 Å². The highest BCUT2D eigenvalue weighted by molar-refractivity contribution is 7.99. The maximum Gasteiger partial charge on any atom is 0.362 e. The van der Waals surface area contributed by atoms with Crippen LogP contribution in [0.4, 0.5) is 0 Å². The fourth-order valence-corrected chi connectivity index (χ4v) is 2.71. The number of aromatic nitrogens is 3. The first-order valence-corrected chi connectivity index (χ1v) is 6.69. The normalized spacial score (nSPS) is 16.3. The summed E-state index contributed by atoms with van der Waals surface area (Å²) < 4.78 is 1.52. The summed E-state index contributed by atoms with van der Waals surface area (Å²) in [7, 11) is 1.70. The Balaban J connectivity index is 1.79. The summed E-state index contributed by atoms with van der Waals surface area (Å²) in [6.07, 6.45) is 4.56. The van der Waals surface area contributed by atoms with Crippen molar-refractivity contribution >= 4 is 17.7 Å². The van der Waals surface area contributed by atoms with Gasteiger partial charge in [-0.25, -0.2) is 9.89 Å². The van der Waals surface area contributed by atoms with Gasteiger partial charge in [-0.1, -0.05) is 24.6 Å². The van der Waals surface area contributed by atoms with Gasteiger partial charge < -0.3 is 5.32 Å². The number of rotatable bonds is 4. The molecule has 0 bridgehead atoms. The third kappa shape index (κ3) is 3.36. The molecule has 1 aliphatic rings. The van der Waals surface area contributed by atoms with Crippen LogP contribution in [0, 0.1) is 0 Å². The summed E-state index contributed by atoms with van der Waals surface area (Å²) in [5, 5.41) is 6.03. The summed E-state index contributed by atoms with van der Waals surface area (Å²) in [4.78, 5) is 26.3. The second-order valence-electron chi connectivity index (χ2n) is 4.21. The Hall–Kier alpha value is -1.24. The first-order chi connectivity index (χ1) is 8.15. The fourth-order valence-electron chi connectivity index (χ4n) is 1.98. The van der Waals surface area contributed by atoms with Crippen LogP contribution in [-0.4, -0.2) is 32.5 Å². The molecular formula is C10H16N4O2S. The number of aryl methyl sites for hydroxylation is 1. The number of amides is 1. The molecule has 2 rings (SSSR count). The molecule has 1 aromatic heterocycles. The summed E-state index contributed by atoms with van der Waals surface area (Å²) in [5.41, 5.74) is -0.383. The average molecular weight is 256 g/mol. The Morgan fingerprint density at radius 1 is 1.59 bits per heavy atom. The third-order valence-corrected chi connectivity index (χ3v) is 3.83. The number of thioether (sulfide) groups is 1. The highest BCUT2D eigenvalue weighted by atomic mass is 32.2. The maximum atomic E-state index is 11.6. The number of hydrogen-bond donors (Lipinski definition) is 2. The Bertz CT molecular complexity index is 447. The molecule has 1 aliphatic carbocycles. The van der Waals surface area contributed by atoms with Gasteiger partial charge >= 0.3 is 5.69 Å². The topological polar surface area (TPSA) is 79.8 Å². The van der Waals surface area contributed by atoms with Gasteiger partial charge in [0.2, 0.25) is 5.91 Å². The maximum absolute atomic E-state index is 11.6. The van der Waals surface area contributed by atoms with E-state index in [-0.39, 0.29) is 11.6 Å². The van der Waals surface area contributed by atoms with Crippen LogP contribution in [0.15, 0.2) is 9.95 Å². The Morgan fingerprint density at radius 2 is 2.29 bits per heavy atom. The zero-order valence-electron chi connectivity index (χ0n) is 9.73. The van der Waals surface area contributed by atoms with Crippen molar-refractivity contribution in [3.05, 3.63) is 10.5 Å². The Morgan fingerprint density at radius 3 is 2.88 bits per heavy atom. The number of carbonyl (C=O) groups is 1. The number of H-pyrrole nitrogens is 1. The molecule has 2 N–H and O–H groups in total. The van der Waals surface area contributed by atoms with Gasteiger partial charge in [-0.2, -0.15) is 4.98 Å². The van der Waals surface area contributed by atoms with Crippen LogP contribution >= 0.6 is 11.8 Å². The molecule has 1 amide bonds. The molecule has 0 spiro atoms. The number of aromatic amines is 1. The van der Waals surface area contributed by atoms with Crippen molar-refractivity contribution in [3.8, 4) is 0 Å². The fraction of sp³-hybridized carbons (Fsp3) is 0.700. The van der Waals surface area contributed by atoms with Gasteiger partial charge in [0.1, 0.15) is 0 Å². The lowest BCUT2D eigenvalue weighted by atomic mass is 10.2. The van der Waals surface area contributed by atoms with Crippen molar-refractivity contribution in [1.82, 2.24) is 20.1 Å². The van der Waals surface area contributed by atoms with Gasteiger partial charge in [-0.15, -0.1) is 0 Å². The predicted molar refractivity (Wildman–Crippen MR) is 65.0 cm³/mol. The molecule has 0 atom stereocenters. The van der Waals surface area contributed by atoms with Gasteiger partial charge in [-0.3, -0.25) is 9.48 Å². The lowest BCUT2D eigenvalue weighted by Crippen LogP contribution is -2.33. The molecule has 1 aromatic rings. The minimum absolute atomic E-state index is 0.0114. The highest BCUT2D eigenvalue weighted by Gasteiger charge is 2.17. The van der Waals surface area contributed by atoms with Crippen molar-refractivity contribution in [2.75, 3.05) is 5.75 Å². The van der Waals surface area contributed by atoms with E-state index in [1.165, 1.54) is 29.3 Å². The minimum Gasteiger partial charge on any atom is -0.353 e. The van der Waals surface area contributed by atoms with Gasteiger partial charge in [0, 0.05) is 13.1 Å². The van der Waals surface area contributed by atoms with Gasteiger partial charge in [0.05, 0.1) is 5.75 Å². The van der Waals surface area contributed by atoms with Crippen molar-refractivity contribution in [2.24, 2.45) is 7.05 Å². The van der Waals surface area contributed by atoms with E-state index < -0.39 is 0 Å². The third-order valence-electron chi connectivity index (χ3n) is 2.80.